The lowest BCUT2D eigenvalue weighted by Crippen LogP contribution is -2.27. The van der Waals surface area contributed by atoms with E-state index in [1.165, 1.54) is 57.8 Å². The van der Waals surface area contributed by atoms with Crippen molar-refractivity contribution in [3.8, 4) is 0 Å². The molecule has 1 amide bonds. The molecule has 0 radical (unpaired) electrons. The van der Waals surface area contributed by atoms with Crippen molar-refractivity contribution in [2.75, 3.05) is 16.8 Å². The lowest BCUT2D eigenvalue weighted by molar-refractivity contribution is -0.139. The molecule has 0 saturated heterocycles. The Labute approximate surface area is 191 Å². The summed E-state index contributed by atoms with van der Waals surface area (Å²) in [6.07, 6.45) is 12.8. The Morgan fingerprint density at radius 1 is 1.03 bits per heavy atom. The van der Waals surface area contributed by atoms with Gasteiger partial charge in [-0.25, -0.2) is 0 Å². The Bertz CT molecular complexity index is 639. The van der Waals surface area contributed by atoms with Crippen LogP contribution >= 0.6 is 23.4 Å². The number of anilines is 1. The van der Waals surface area contributed by atoms with Crippen molar-refractivity contribution < 1.29 is 14.7 Å². The normalized spacial score (nSPS) is 12.0. The third kappa shape index (κ3) is 12.5. The van der Waals surface area contributed by atoms with Crippen LogP contribution in [0.3, 0.4) is 0 Å². The first-order chi connectivity index (χ1) is 14.4. The maximum atomic E-state index is 12.6. The highest BCUT2D eigenvalue weighted by molar-refractivity contribution is 7.99. The minimum Gasteiger partial charge on any atom is -0.481 e. The number of unbranched alkanes of at least 4 members (excludes halogenated alkanes) is 9. The Morgan fingerprint density at radius 3 is 2.20 bits per heavy atom. The first kappa shape index (κ1) is 26.8. The molecule has 1 unspecified atom stereocenters. The highest BCUT2D eigenvalue weighted by atomic mass is 35.5. The summed E-state index contributed by atoms with van der Waals surface area (Å²) in [5.74, 6) is -0.217. The second kappa shape index (κ2) is 16.5. The highest BCUT2D eigenvalue weighted by Gasteiger charge is 2.22. The highest BCUT2D eigenvalue weighted by Crippen LogP contribution is 2.22. The van der Waals surface area contributed by atoms with E-state index in [0.29, 0.717) is 16.5 Å². The summed E-state index contributed by atoms with van der Waals surface area (Å²) in [6.45, 7) is 4.11. The van der Waals surface area contributed by atoms with Crippen molar-refractivity contribution in [3.05, 3.63) is 28.8 Å². The van der Waals surface area contributed by atoms with Crippen LogP contribution in [-0.2, 0) is 9.59 Å². The standard InChI is InChI=1S/C24H38ClNO3S/c1-3-4-5-6-7-8-9-10-11-12-15-30-18-20(17-23(27)28)24(29)26-21-13-14-22(25)19(2)16-21/h13-14,16,20H,3-12,15,17-18H2,1-2H3,(H,26,29)(H,27,28). The largest absolute Gasteiger partial charge is 0.481 e. The van der Waals surface area contributed by atoms with Gasteiger partial charge in [0.05, 0.1) is 12.3 Å². The molecule has 1 aromatic rings. The van der Waals surface area contributed by atoms with Crippen molar-refractivity contribution in [1.82, 2.24) is 0 Å². The number of aryl methyl sites for hydroxylation is 1. The van der Waals surface area contributed by atoms with Crippen LogP contribution in [0.2, 0.25) is 5.02 Å². The lowest BCUT2D eigenvalue weighted by Gasteiger charge is -2.15. The van der Waals surface area contributed by atoms with Gasteiger partial charge in [-0.05, 0) is 42.9 Å². The fourth-order valence-corrected chi connectivity index (χ4v) is 4.57. The molecular weight excluding hydrogens is 418 g/mol. The molecule has 4 nitrogen and oxygen atoms in total. The van der Waals surface area contributed by atoms with Crippen molar-refractivity contribution in [1.29, 1.82) is 0 Å². The maximum Gasteiger partial charge on any atom is 0.304 e. The monoisotopic (exact) mass is 455 g/mol. The molecule has 30 heavy (non-hydrogen) atoms. The van der Waals surface area contributed by atoms with Crippen molar-refractivity contribution in [2.24, 2.45) is 5.92 Å². The molecule has 0 fully saturated rings. The van der Waals surface area contributed by atoms with Gasteiger partial charge in [0, 0.05) is 16.5 Å². The van der Waals surface area contributed by atoms with Gasteiger partial charge in [0.25, 0.3) is 0 Å². The Morgan fingerprint density at radius 2 is 1.63 bits per heavy atom. The van der Waals surface area contributed by atoms with Crippen LogP contribution in [0.25, 0.3) is 0 Å². The Hall–Kier alpha value is -1.20. The molecule has 0 aromatic heterocycles. The number of halogens is 1. The number of benzene rings is 1. The summed E-state index contributed by atoms with van der Waals surface area (Å²) < 4.78 is 0. The van der Waals surface area contributed by atoms with Gasteiger partial charge >= 0.3 is 5.97 Å². The summed E-state index contributed by atoms with van der Waals surface area (Å²) >= 11 is 7.70. The minimum absolute atomic E-state index is 0.149. The molecule has 170 valence electrons. The van der Waals surface area contributed by atoms with Crippen molar-refractivity contribution >= 4 is 40.9 Å². The molecule has 1 aromatic carbocycles. The van der Waals surface area contributed by atoms with Crippen molar-refractivity contribution in [2.45, 2.75) is 84.5 Å². The third-order valence-electron chi connectivity index (χ3n) is 5.18. The first-order valence-electron chi connectivity index (χ1n) is 11.3. The molecule has 0 bridgehead atoms. The van der Waals surface area contributed by atoms with E-state index in [2.05, 4.69) is 12.2 Å². The van der Waals surface area contributed by atoms with Crippen LogP contribution in [-0.4, -0.2) is 28.5 Å². The van der Waals surface area contributed by atoms with E-state index in [9.17, 15) is 9.59 Å². The Kier molecular flexibility index (Phi) is 14.7. The number of nitrogens with one attached hydrogen (secondary N) is 1. The number of amides is 1. The molecule has 0 saturated carbocycles. The van der Waals surface area contributed by atoms with E-state index in [-0.39, 0.29) is 12.3 Å². The van der Waals surface area contributed by atoms with Crippen LogP contribution < -0.4 is 5.32 Å². The quantitative estimate of drug-likeness (QED) is 0.241. The first-order valence-corrected chi connectivity index (χ1v) is 12.8. The van der Waals surface area contributed by atoms with Gasteiger partial charge in [-0.1, -0.05) is 76.3 Å². The number of carboxylic acid groups (broad SMARTS) is 1. The number of thioether (sulfide) groups is 1. The van der Waals surface area contributed by atoms with Gasteiger partial charge in [0.15, 0.2) is 0 Å². The number of carbonyl (C=O) groups is 2. The van der Waals surface area contributed by atoms with E-state index in [0.717, 1.165) is 17.7 Å². The number of rotatable bonds is 17. The van der Waals surface area contributed by atoms with Crippen LogP contribution in [0.4, 0.5) is 5.69 Å². The predicted octanol–water partition coefficient (Wildman–Crippen LogP) is 7.33. The molecule has 1 rings (SSSR count). The SMILES string of the molecule is CCCCCCCCCCCCSCC(CC(=O)O)C(=O)Nc1ccc(Cl)c(C)c1. The van der Waals surface area contributed by atoms with E-state index >= 15 is 0 Å². The molecule has 2 N–H and O–H groups in total. The van der Waals surface area contributed by atoms with E-state index in [4.69, 9.17) is 16.7 Å². The third-order valence-corrected chi connectivity index (χ3v) is 6.82. The molecule has 0 aliphatic carbocycles. The zero-order valence-electron chi connectivity index (χ0n) is 18.6. The van der Waals surface area contributed by atoms with E-state index < -0.39 is 11.9 Å². The number of hydrogen-bond acceptors (Lipinski definition) is 3. The van der Waals surface area contributed by atoms with Gasteiger partial charge < -0.3 is 10.4 Å². The second-order valence-corrected chi connectivity index (χ2v) is 9.56. The van der Waals surface area contributed by atoms with Gasteiger partial charge in [0.2, 0.25) is 5.91 Å². The summed E-state index contributed by atoms with van der Waals surface area (Å²) in [5, 5.41) is 12.6. The van der Waals surface area contributed by atoms with Crippen LogP contribution in [0, 0.1) is 12.8 Å². The van der Waals surface area contributed by atoms with Crippen LogP contribution in [0.5, 0.6) is 0 Å². The molecule has 0 spiro atoms. The Balaban J connectivity index is 2.23. The molecule has 1 atom stereocenters. The fourth-order valence-electron chi connectivity index (χ4n) is 3.32. The lowest BCUT2D eigenvalue weighted by atomic mass is 10.1. The smallest absolute Gasteiger partial charge is 0.304 e. The zero-order chi connectivity index (χ0) is 22.2. The number of carbonyl (C=O) groups excluding carboxylic acids is 1. The topological polar surface area (TPSA) is 66.4 Å². The molecule has 0 heterocycles. The summed E-state index contributed by atoms with van der Waals surface area (Å²) in [6, 6.07) is 5.27. The van der Waals surface area contributed by atoms with E-state index in [1.54, 1.807) is 30.0 Å². The van der Waals surface area contributed by atoms with Gasteiger partial charge in [-0.2, -0.15) is 11.8 Å². The van der Waals surface area contributed by atoms with Crippen LogP contribution in [0.1, 0.15) is 83.1 Å². The molecule has 0 aliphatic rings. The van der Waals surface area contributed by atoms with Gasteiger partial charge in [-0.15, -0.1) is 0 Å². The van der Waals surface area contributed by atoms with Crippen LogP contribution in [0.15, 0.2) is 18.2 Å². The summed E-state index contributed by atoms with van der Waals surface area (Å²) in [5.41, 5.74) is 1.52. The second-order valence-electron chi connectivity index (χ2n) is 8.00. The number of hydrogen-bond donors (Lipinski definition) is 2. The average molecular weight is 456 g/mol. The minimum atomic E-state index is -0.943. The molecule has 0 aliphatic heterocycles. The molecule has 6 heteroatoms. The van der Waals surface area contributed by atoms with Gasteiger partial charge in [0.1, 0.15) is 0 Å². The molecular formula is C24H38ClNO3S. The average Bonchev–Trinajstić information content (AvgIpc) is 2.70. The number of carboxylic acids is 1. The zero-order valence-corrected chi connectivity index (χ0v) is 20.1. The van der Waals surface area contributed by atoms with E-state index in [1.807, 2.05) is 6.92 Å². The van der Waals surface area contributed by atoms with Crippen molar-refractivity contribution in [3.63, 3.8) is 0 Å². The summed E-state index contributed by atoms with van der Waals surface area (Å²) in [4.78, 5) is 23.7. The maximum absolute atomic E-state index is 12.6. The summed E-state index contributed by atoms with van der Waals surface area (Å²) in [7, 11) is 0. The van der Waals surface area contributed by atoms with Gasteiger partial charge in [-0.3, -0.25) is 9.59 Å². The predicted molar refractivity (Wildman–Crippen MR) is 130 cm³/mol. The number of aliphatic carboxylic acids is 1. The fraction of sp³-hybridized carbons (Fsp3) is 0.667.